The standard InChI is InChI=1S/C11H18N2S/c1-9-7-14-8-11(9)13-6-10-3-2-4-12-5-10/h7-8,10,12-13H,2-6H2,1H3. The van der Waals surface area contributed by atoms with Crippen LogP contribution in [0, 0.1) is 12.8 Å². The van der Waals surface area contributed by atoms with Crippen LogP contribution in [-0.2, 0) is 0 Å². The Morgan fingerprint density at radius 3 is 3.14 bits per heavy atom. The average molecular weight is 210 g/mol. The Morgan fingerprint density at radius 1 is 1.57 bits per heavy atom. The van der Waals surface area contributed by atoms with E-state index in [0.717, 1.165) is 12.5 Å². The lowest BCUT2D eigenvalue weighted by molar-refractivity contribution is 0.393. The van der Waals surface area contributed by atoms with Crippen LogP contribution in [0.15, 0.2) is 10.8 Å². The van der Waals surface area contributed by atoms with Gasteiger partial charge in [0.2, 0.25) is 0 Å². The van der Waals surface area contributed by atoms with Crippen LogP contribution in [0.5, 0.6) is 0 Å². The normalized spacial score (nSPS) is 22.2. The van der Waals surface area contributed by atoms with Crippen LogP contribution in [0.1, 0.15) is 18.4 Å². The van der Waals surface area contributed by atoms with Crippen LogP contribution in [0.3, 0.4) is 0 Å². The van der Waals surface area contributed by atoms with E-state index in [0.29, 0.717) is 0 Å². The molecule has 1 aliphatic heterocycles. The highest BCUT2D eigenvalue weighted by Gasteiger charge is 2.12. The molecule has 3 heteroatoms. The summed E-state index contributed by atoms with van der Waals surface area (Å²) in [7, 11) is 0. The maximum absolute atomic E-state index is 3.53. The van der Waals surface area contributed by atoms with Crippen LogP contribution in [-0.4, -0.2) is 19.6 Å². The fourth-order valence-corrected chi connectivity index (χ4v) is 2.70. The van der Waals surface area contributed by atoms with Crippen molar-refractivity contribution in [2.24, 2.45) is 5.92 Å². The molecule has 2 heterocycles. The van der Waals surface area contributed by atoms with Crippen LogP contribution in [0.25, 0.3) is 0 Å². The van der Waals surface area contributed by atoms with Crippen molar-refractivity contribution in [1.82, 2.24) is 5.32 Å². The van der Waals surface area contributed by atoms with Gasteiger partial charge in [-0.1, -0.05) is 0 Å². The van der Waals surface area contributed by atoms with Gasteiger partial charge in [0, 0.05) is 17.6 Å². The molecule has 0 saturated carbocycles. The van der Waals surface area contributed by atoms with Crippen molar-refractivity contribution in [2.45, 2.75) is 19.8 Å². The molecule has 1 aliphatic rings. The molecule has 1 unspecified atom stereocenters. The Labute approximate surface area is 89.7 Å². The number of hydrogen-bond donors (Lipinski definition) is 2. The Kier molecular flexibility index (Phi) is 3.43. The van der Waals surface area contributed by atoms with Gasteiger partial charge in [-0.25, -0.2) is 0 Å². The average Bonchev–Trinajstić information content (AvgIpc) is 2.63. The summed E-state index contributed by atoms with van der Waals surface area (Å²) in [6, 6.07) is 0. The molecule has 1 atom stereocenters. The van der Waals surface area contributed by atoms with E-state index in [4.69, 9.17) is 0 Å². The zero-order valence-corrected chi connectivity index (χ0v) is 9.49. The predicted molar refractivity (Wildman–Crippen MR) is 63.1 cm³/mol. The number of hydrogen-bond acceptors (Lipinski definition) is 3. The fraction of sp³-hybridized carbons (Fsp3) is 0.636. The van der Waals surface area contributed by atoms with Crippen LogP contribution >= 0.6 is 11.3 Å². The van der Waals surface area contributed by atoms with Crippen molar-refractivity contribution in [3.05, 3.63) is 16.3 Å². The molecule has 1 aromatic heterocycles. The molecule has 1 fully saturated rings. The second-order valence-electron chi connectivity index (χ2n) is 4.06. The first-order valence-corrected chi connectivity index (χ1v) is 6.28. The Bertz CT molecular complexity index is 277. The molecule has 1 saturated heterocycles. The molecule has 0 aromatic carbocycles. The van der Waals surface area contributed by atoms with E-state index in [1.165, 1.54) is 37.2 Å². The topological polar surface area (TPSA) is 24.1 Å². The molecular weight excluding hydrogens is 192 g/mol. The molecule has 2 nitrogen and oxygen atoms in total. The minimum atomic E-state index is 0.808. The van der Waals surface area contributed by atoms with E-state index in [1.807, 2.05) is 0 Å². The minimum absolute atomic E-state index is 0.808. The Morgan fingerprint density at radius 2 is 2.50 bits per heavy atom. The molecular formula is C11H18N2S. The van der Waals surface area contributed by atoms with E-state index < -0.39 is 0 Å². The summed E-state index contributed by atoms with van der Waals surface area (Å²) in [5.41, 5.74) is 2.69. The second kappa shape index (κ2) is 4.80. The first-order valence-electron chi connectivity index (χ1n) is 5.33. The van der Waals surface area contributed by atoms with Gasteiger partial charge < -0.3 is 10.6 Å². The fourth-order valence-electron chi connectivity index (χ4n) is 1.89. The molecule has 0 bridgehead atoms. The second-order valence-corrected chi connectivity index (χ2v) is 4.81. The lowest BCUT2D eigenvalue weighted by Gasteiger charge is -2.23. The van der Waals surface area contributed by atoms with Crippen LogP contribution < -0.4 is 10.6 Å². The zero-order valence-electron chi connectivity index (χ0n) is 8.68. The number of anilines is 1. The largest absolute Gasteiger partial charge is 0.384 e. The summed E-state index contributed by atoms with van der Waals surface area (Å²) in [6.07, 6.45) is 2.69. The van der Waals surface area contributed by atoms with Gasteiger partial charge in [-0.05, 0) is 49.7 Å². The van der Waals surface area contributed by atoms with Crippen molar-refractivity contribution < 1.29 is 0 Å². The predicted octanol–water partition coefficient (Wildman–Crippen LogP) is 2.47. The molecule has 2 N–H and O–H groups in total. The van der Waals surface area contributed by atoms with Gasteiger partial charge in [-0.15, -0.1) is 11.3 Å². The Balaban J connectivity index is 1.79. The summed E-state index contributed by atoms with van der Waals surface area (Å²) in [4.78, 5) is 0. The summed E-state index contributed by atoms with van der Waals surface area (Å²) in [5, 5.41) is 11.4. The van der Waals surface area contributed by atoms with E-state index in [-0.39, 0.29) is 0 Å². The zero-order chi connectivity index (χ0) is 9.80. The number of nitrogens with one attached hydrogen (secondary N) is 2. The van der Waals surface area contributed by atoms with E-state index >= 15 is 0 Å². The lowest BCUT2D eigenvalue weighted by Crippen LogP contribution is -2.33. The number of rotatable bonds is 3. The molecule has 0 spiro atoms. The number of aryl methyl sites for hydroxylation is 1. The van der Waals surface area contributed by atoms with E-state index in [2.05, 4.69) is 28.3 Å². The first-order chi connectivity index (χ1) is 6.86. The quantitative estimate of drug-likeness (QED) is 0.801. The maximum Gasteiger partial charge on any atom is 0.0478 e. The maximum atomic E-state index is 3.53. The van der Waals surface area contributed by atoms with Gasteiger partial charge in [0.15, 0.2) is 0 Å². The minimum Gasteiger partial charge on any atom is -0.384 e. The van der Waals surface area contributed by atoms with Gasteiger partial charge in [0.1, 0.15) is 0 Å². The van der Waals surface area contributed by atoms with Crippen LogP contribution in [0.2, 0.25) is 0 Å². The highest BCUT2D eigenvalue weighted by atomic mass is 32.1. The van der Waals surface area contributed by atoms with Gasteiger partial charge in [0.05, 0.1) is 0 Å². The third kappa shape index (κ3) is 2.49. The van der Waals surface area contributed by atoms with Crippen molar-refractivity contribution in [3.8, 4) is 0 Å². The Hall–Kier alpha value is -0.540. The summed E-state index contributed by atoms with van der Waals surface area (Å²) in [6.45, 7) is 5.66. The molecule has 78 valence electrons. The molecule has 0 radical (unpaired) electrons. The third-order valence-corrected chi connectivity index (χ3v) is 3.70. The lowest BCUT2D eigenvalue weighted by atomic mass is 10.00. The van der Waals surface area contributed by atoms with Gasteiger partial charge in [-0.3, -0.25) is 0 Å². The summed E-state index contributed by atoms with van der Waals surface area (Å²) >= 11 is 1.77. The third-order valence-electron chi connectivity index (χ3n) is 2.84. The SMILES string of the molecule is Cc1cscc1NCC1CCCNC1. The molecule has 2 rings (SSSR count). The van der Waals surface area contributed by atoms with Crippen molar-refractivity contribution in [3.63, 3.8) is 0 Å². The van der Waals surface area contributed by atoms with Crippen LogP contribution in [0.4, 0.5) is 5.69 Å². The number of thiophene rings is 1. The van der Waals surface area contributed by atoms with Crippen molar-refractivity contribution in [1.29, 1.82) is 0 Å². The summed E-state index contributed by atoms with van der Waals surface area (Å²) in [5.74, 6) is 0.808. The number of piperidine rings is 1. The molecule has 14 heavy (non-hydrogen) atoms. The molecule has 1 aromatic rings. The van der Waals surface area contributed by atoms with Crippen molar-refractivity contribution in [2.75, 3.05) is 25.0 Å². The van der Waals surface area contributed by atoms with E-state index in [1.54, 1.807) is 11.3 Å². The molecule has 0 aliphatic carbocycles. The monoisotopic (exact) mass is 210 g/mol. The van der Waals surface area contributed by atoms with Crippen molar-refractivity contribution >= 4 is 17.0 Å². The van der Waals surface area contributed by atoms with E-state index in [9.17, 15) is 0 Å². The van der Waals surface area contributed by atoms with Gasteiger partial charge in [-0.2, -0.15) is 0 Å². The molecule has 0 amide bonds. The summed E-state index contributed by atoms with van der Waals surface area (Å²) < 4.78 is 0. The van der Waals surface area contributed by atoms with Gasteiger partial charge >= 0.3 is 0 Å². The highest BCUT2D eigenvalue weighted by Crippen LogP contribution is 2.20. The smallest absolute Gasteiger partial charge is 0.0478 e. The highest BCUT2D eigenvalue weighted by molar-refractivity contribution is 7.08. The first kappa shape index (κ1) is 9.99. The van der Waals surface area contributed by atoms with Gasteiger partial charge in [0.25, 0.3) is 0 Å².